The number of rotatable bonds is 9. The van der Waals surface area contributed by atoms with Crippen LogP contribution in [-0.4, -0.2) is 72.6 Å². The molecule has 0 radical (unpaired) electrons. The van der Waals surface area contributed by atoms with Crippen molar-refractivity contribution in [3.8, 4) is 5.75 Å². The van der Waals surface area contributed by atoms with Gasteiger partial charge in [-0.15, -0.1) is 0 Å². The van der Waals surface area contributed by atoms with Gasteiger partial charge in [-0.2, -0.15) is 4.98 Å². The summed E-state index contributed by atoms with van der Waals surface area (Å²) < 4.78 is 21.3. The average molecular weight is 483 g/mol. The van der Waals surface area contributed by atoms with Crippen LogP contribution in [0.15, 0.2) is 59.5 Å². The summed E-state index contributed by atoms with van der Waals surface area (Å²) in [4.78, 5) is 14.9. The summed E-state index contributed by atoms with van der Waals surface area (Å²) in [7, 11) is 4.08. The standard InChI is InChI=1S/C25H31FN6OS/c1-19-18-24(28-21-6-4-20(26)5-7-21)29-25(27-19)31-12-14-32(15-13-31)34-23-10-8-22(9-11-23)33-17-16-30(2)3/h4-11,18H,12-17H2,1-3H3,(H,27,28,29). The molecule has 1 saturated heterocycles. The third-order valence-corrected chi connectivity index (χ3v) is 6.45. The molecule has 1 aromatic heterocycles. The van der Waals surface area contributed by atoms with E-state index in [1.807, 2.05) is 39.2 Å². The maximum atomic E-state index is 13.2. The second kappa shape index (κ2) is 11.5. The molecule has 0 aliphatic carbocycles. The van der Waals surface area contributed by atoms with Crippen LogP contribution in [0, 0.1) is 12.7 Å². The molecule has 0 spiro atoms. The fraction of sp³-hybridized carbons (Fsp3) is 0.360. The lowest BCUT2D eigenvalue weighted by Gasteiger charge is -2.34. The highest BCUT2D eigenvalue weighted by Gasteiger charge is 2.20. The summed E-state index contributed by atoms with van der Waals surface area (Å²) in [6.45, 7) is 7.05. The molecule has 0 bridgehead atoms. The van der Waals surface area contributed by atoms with Gasteiger partial charge in [0.1, 0.15) is 24.0 Å². The van der Waals surface area contributed by atoms with Gasteiger partial charge in [0.25, 0.3) is 0 Å². The predicted molar refractivity (Wildman–Crippen MR) is 137 cm³/mol. The van der Waals surface area contributed by atoms with E-state index in [0.29, 0.717) is 18.4 Å². The number of nitrogens with zero attached hydrogens (tertiary/aromatic N) is 5. The molecule has 2 heterocycles. The molecular weight excluding hydrogens is 451 g/mol. The summed E-state index contributed by atoms with van der Waals surface area (Å²) in [5.41, 5.74) is 1.68. The Morgan fingerprint density at radius 3 is 2.38 bits per heavy atom. The van der Waals surface area contributed by atoms with Gasteiger partial charge in [-0.25, -0.2) is 13.7 Å². The molecule has 0 saturated carbocycles. The monoisotopic (exact) mass is 482 g/mol. The van der Waals surface area contributed by atoms with E-state index in [1.165, 1.54) is 17.0 Å². The summed E-state index contributed by atoms with van der Waals surface area (Å²) in [5.74, 6) is 2.06. The van der Waals surface area contributed by atoms with Crippen LogP contribution in [0.4, 0.5) is 21.8 Å². The minimum Gasteiger partial charge on any atom is -0.492 e. The molecule has 0 atom stereocenters. The molecule has 1 N–H and O–H groups in total. The van der Waals surface area contributed by atoms with Gasteiger partial charge < -0.3 is 19.9 Å². The average Bonchev–Trinajstić information content (AvgIpc) is 2.82. The first-order chi connectivity index (χ1) is 16.4. The largest absolute Gasteiger partial charge is 0.492 e. The Balaban J connectivity index is 1.29. The van der Waals surface area contributed by atoms with Crippen molar-refractivity contribution in [2.24, 2.45) is 0 Å². The Hall–Kier alpha value is -2.88. The van der Waals surface area contributed by atoms with Crippen molar-refractivity contribution >= 4 is 29.4 Å². The lowest BCUT2D eigenvalue weighted by atomic mass is 10.3. The number of anilines is 3. The maximum absolute atomic E-state index is 13.2. The van der Waals surface area contributed by atoms with Crippen LogP contribution in [0.25, 0.3) is 0 Å². The van der Waals surface area contributed by atoms with E-state index in [1.54, 1.807) is 24.1 Å². The van der Waals surface area contributed by atoms with Crippen molar-refractivity contribution in [1.82, 2.24) is 19.2 Å². The van der Waals surface area contributed by atoms with Crippen molar-refractivity contribution in [3.63, 3.8) is 0 Å². The van der Waals surface area contributed by atoms with E-state index in [0.717, 1.165) is 49.9 Å². The van der Waals surface area contributed by atoms with Crippen LogP contribution >= 0.6 is 11.9 Å². The minimum absolute atomic E-state index is 0.259. The van der Waals surface area contributed by atoms with Gasteiger partial charge in [-0.3, -0.25) is 0 Å². The lowest BCUT2D eigenvalue weighted by Crippen LogP contribution is -2.44. The molecule has 0 unspecified atom stereocenters. The number of aromatic nitrogens is 2. The number of benzene rings is 2. The van der Waals surface area contributed by atoms with Crippen LogP contribution in [-0.2, 0) is 0 Å². The summed E-state index contributed by atoms with van der Waals surface area (Å²) in [6.07, 6.45) is 0. The first kappa shape index (κ1) is 24.3. The number of aryl methyl sites for hydroxylation is 1. The van der Waals surface area contributed by atoms with E-state index in [-0.39, 0.29) is 5.82 Å². The third kappa shape index (κ3) is 7.06. The van der Waals surface area contributed by atoms with Gasteiger partial charge in [-0.1, -0.05) is 0 Å². The van der Waals surface area contributed by atoms with Crippen LogP contribution in [0.3, 0.4) is 0 Å². The second-order valence-corrected chi connectivity index (χ2v) is 9.63. The molecule has 34 heavy (non-hydrogen) atoms. The number of likely N-dealkylation sites (N-methyl/N-ethyl adjacent to an activating group) is 1. The molecule has 3 aromatic rings. The van der Waals surface area contributed by atoms with E-state index < -0.39 is 0 Å². The minimum atomic E-state index is -0.259. The molecule has 1 aliphatic rings. The molecule has 1 fully saturated rings. The Bertz CT molecular complexity index is 1060. The zero-order valence-corrected chi connectivity index (χ0v) is 20.7. The smallest absolute Gasteiger partial charge is 0.227 e. The number of hydrogen-bond acceptors (Lipinski definition) is 8. The summed E-state index contributed by atoms with van der Waals surface area (Å²) in [5, 5.41) is 3.24. The molecule has 0 amide bonds. The first-order valence-electron chi connectivity index (χ1n) is 11.4. The number of ether oxygens (including phenoxy) is 1. The Morgan fingerprint density at radius 1 is 1.00 bits per heavy atom. The molecule has 1 aliphatic heterocycles. The first-order valence-corrected chi connectivity index (χ1v) is 12.2. The molecule has 2 aromatic carbocycles. The summed E-state index contributed by atoms with van der Waals surface area (Å²) >= 11 is 1.77. The van der Waals surface area contributed by atoms with Gasteiger partial charge in [0.05, 0.1) is 0 Å². The van der Waals surface area contributed by atoms with Crippen molar-refractivity contribution in [3.05, 3.63) is 66.1 Å². The van der Waals surface area contributed by atoms with Gasteiger partial charge in [0, 0.05) is 55.1 Å². The molecule has 9 heteroatoms. The topological polar surface area (TPSA) is 56.8 Å². The van der Waals surface area contributed by atoms with Crippen LogP contribution in [0.1, 0.15) is 5.69 Å². The highest BCUT2D eigenvalue weighted by atomic mass is 32.2. The Labute approximate surface area is 205 Å². The summed E-state index contributed by atoms with van der Waals surface area (Å²) in [6, 6.07) is 16.4. The van der Waals surface area contributed by atoms with E-state index >= 15 is 0 Å². The fourth-order valence-electron chi connectivity index (χ4n) is 3.51. The van der Waals surface area contributed by atoms with Gasteiger partial charge in [0.2, 0.25) is 5.95 Å². The molecule has 7 nitrogen and oxygen atoms in total. The highest BCUT2D eigenvalue weighted by molar-refractivity contribution is 7.97. The van der Waals surface area contributed by atoms with E-state index in [9.17, 15) is 4.39 Å². The van der Waals surface area contributed by atoms with Crippen molar-refractivity contribution in [2.45, 2.75) is 11.8 Å². The highest BCUT2D eigenvalue weighted by Crippen LogP contribution is 2.27. The van der Waals surface area contributed by atoms with Crippen LogP contribution < -0.4 is 15.0 Å². The zero-order valence-electron chi connectivity index (χ0n) is 19.9. The molecule has 4 rings (SSSR count). The quantitative estimate of drug-likeness (QED) is 0.450. The maximum Gasteiger partial charge on any atom is 0.227 e. The number of halogens is 1. The van der Waals surface area contributed by atoms with E-state index in [4.69, 9.17) is 9.72 Å². The van der Waals surface area contributed by atoms with Crippen molar-refractivity contribution < 1.29 is 9.13 Å². The normalized spacial score (nSPS) is 14.4. The van der Waals surface area contributed by atoms with Crippen molar-refractivity contribution in [1.29, 1.82) is 0 Å². The van der Waals surface area contributed by atoms with Crippen molar-refractivity contribution in [2.75, 3.05) is 63.6 Å². The molecule has 180 valence electrons. The predicted octanol–water partition coefficient (Wildman–Crippen LogP) is 4.44. The SMILES string of the molecule is Cc1cc(Nc2ccc(F)cc2)nc(N2CCN(Sc3ccc(OCCN(C)C)cc3)CC2)n1. The molecular formula is C25H31FN6OS. The van der Waals surface area contributed by atoms with Gasteiger partial charge in [-0.05, 0) is 81.5 Å². The Kier molecular flexibility index (Phi) is 8.21. The fourth-order valence-corrected chi connectivity index (χ4v) is 4.41. The number of nitrogens with one attached hydrogen (secondary N) is 1. The number of hydrogen-bond donors (Lipinski definition) is 1. The van der Waals surface area contributed by atoms with E-state index in [2.05, 4.69) is 36.5 Å². The van der Waals surface area contributed by atoms with Crippen LogP contribution in [0.2, 0.25) is 0 Å². The van der Waals surface area contributed by atoms with Gasteiger partial charge >= 0.3 is 0 Å². The third-order valence-electron chi connectivity index (χ3n) is 5.35. The second-order valence-electron chi connectivity index (χ2n) is 8.46. The Morgan fingerprint density at radius 2 is 1.71 bits per heavy atom. The lowest BCUT2D eigenvalue weighted by molar-refractivity contribution is 0.261. The zero-order chi connectivity index (χ0) is 23.9. The van der Waals surface area contributed by atoms with Crippen LogP contribution in [0.5, 0.6) is 5.75 Å². The van der Waals surface area contributed by atoms with Gasteiger partial charge in [0.15, 0.2) is 0 Å². The number of piperazine rings is 1.